The van der Waals surface area contributed by atoms with Crippen LogP contribution in [0.3, 0.4) is 0 Å². The van der Waals surface area contributed by atoms with Crippen LogP contribution in [0.5, 0.6) is 0 Å². The van der Waals surface area contributed by atoms with Gasteiger partial charge >= 0.3 is 0 Å². The lowest BCUT2D eigenvalue weighted by Gasteiger charge is -2.24. The van der Waals surface area contributed by atoms with Crippen LogP contribution in [-0.2, 0) is 4.74 Å². The predicted octanol–water partition coefficient (Wildman–Crippen LogP) is 3.82. The third-order valence-corrected chi connectivity index (χ3v) is 4.65. The average Bonchev–Trinajstić information content (AvgIpc) is 3.07. The van der Waals surface area contributed by atoms with E-state index in [0.717, 1.165) is 54.5 Å². The molecule has 0 amide bonds. The second-order valence-corrected chi connectivity index (χ2v) is 6.87. The van der Waals surface area contributed by atoms with Gasteiger partial charge in [0.05, 0.1) is 0 Å². The van der Waals surface area contributed by atoms with Crippen molar-refractivity contribution >= 4 is 17.5 Å². The minimum absolute atomic E-state index is 0.360. The maximum atomic E-state index is 5.45. The van der Waals surface area contributed by atoms with Crippen LogP contribution >= 0.6 is 0 Å². The summed E-state index contributed by atoms with van der Waals surface area (Å²) in [5.41, 5.74) is 3.16. The van der Waals surface area contributed by atoms with Gasteiger partial charge < -0.3 is 15.4 Å². The van der Waals surface area contributed by atoms with Gasteiger partial charge in [0.2, 0.25) is 0 Å². The molecule has 7 heteroatoms. The number of benzene rings is 1. The lowest BCUT2D eigenvalue weighted by atomic mass is 10.1. The molecule has 7 nitrogen and oxygen atoms in total. The molecule has 0 bridgehead atoms. The standard InChI is InChI=1S/C20H24N6O/c1-13-5-3-4-6-16(13)20-23-17(21-15-7-9-27-10-8-15)12-18(24-20)22-19-11-14(2)25-26-19/h3-6,11-12,15H,7-10H2,1-2H3,(H3,21,22,23,24,25,26). The Kier molecular flexibility index (Phi) is 5.02. The number of nitrogens with one attached hydrogen (secondary N) is 3. The highest BCUT2D eigenvalue weighted by Gasteiger charge is 2.16. The van der Waals surface area contributed by atoms with Gasteiger partial charge in [-0.15, -0.1) is 0 Å². The van der Waals surface area contributed by atoms with Crippen molar-refractivity contribution in [3.8, 4) is 11.4 Å². The summed E-state index contributed by atoms with van der Waals surface area (Å²) >= 11 is 0. The molecule has 1 fully saturated rings. The fourth-order valence-corrected chi connectivity index (χ4v) is 3.19. The van der Waals surface area contributed by atoms with Gasteiger partial charge in [0, 0.05) is 42.6 Å². The van der Waals surface area contributed by atoms with Gasteiger partial charge in [-0.2, -0.15) is 5.10 Å². The van der Waals surface area contributed by atoms with E-state index >= 15 is 0 Å². The Morgan fingerprint density at radius 3 is 2.52 bits per heavy atom. The molecule has 0 unspecified atom stereocenters. The van der Waals surface area contributed by atoms with Crippen molar-refractivity contribution in [1.82, 2.24) is 20.2 Å². The van der Waals surface area contributed by atoms with E-state index in [4.69, 9.17) is 14.7 Å². The molecule has 1 aliphatic heterocycles. The molecule has 3 N–H and O–H groups in total. The molecule has 0 atom stereocenters. The summed E-state index contributed by atoms with van der Waals surface area (Å²) in [6.45, 7) is 5.60. The number of nitrogens with zero attached hydrogens (tertiary/aromatic N) is 3. The monoisotopic (exact) mass is 364 g/mol. The quantitative estimate of drug-likeness (QED) is 0.638. The SMILES string of the molecule is Cc1cc(Nc2cc(NC3CCOCC3)nc(-c3ccccc3C)n2)n[nH]1. The Bertz CT molecular complexity index is 916. The Labute approximate surface area is 158 Å². The summed E-state index contributed by atoms with van der Waals surface area (Å²) in [5.74, 6) is 2.95. The third-order valence-electron chi connectivity index (χ3n) is 4.65. The smallest absolute Gasteiger partial charge is 0.164 e. The van der Waals surface area contributed by atoms with Crippen LogP contribution in [-0.4, -0.2) is 39.4 Å². The average molecular weight is 364 g/mol. The molecule has 3 aromatic rings. The van der Waals surface area contributed by atoms with Crippen LogP contribution in [0.15, 0.2) is 36.4 Å². The van der Waals surface area contributed by atoms with E-state index in [2.05, 4.69) is 33.8 Å². The molecule has 0 aliphatic carbocycles. The number of aromatic amines is 1. The van der Waals surface area contributed by atoms with E-state index in [-0.39, 0.29) is 0 Å². The minimum atomic E-state index is 0.360. The molecule has 0 saturated carbocycles. The molecule has 140 valence electrons. The predicted molar refractivity (Wildman–Crippen MR) is 106 cm³/mol. The lowest BCUT2D eigenvalue weighted by molar-refractivity contribution is 0.0904. The molecule has 1 aliphatic rings. The summed E-state index contributed by atoms with van der Waals surface area (Å²) in [4.78, 5) is 9.50. The molecule has 4 rings (SSSR count). The maximum absolute atomic E-state index is 5.45. The van der Waals surface area contributed by atoms with Gasteiger partial charge in [-0.05, 0) is 32.3 Å². The first-order chi connectivity index (χ1) is 13.2. The fourth-order valence-electron chi connectivity index (χ4n) is 3.19. The summed E-state index contributed by atoms with van der Waals surface area (Å²) in [5, 5.41) is 14.0. The Morgan fingerprint density at radius 1 is 1.00 bits per heavy atom. The highest BCUT2D eigenvalue weighted by atomic mass is 16.5. The van der Waals surface area contributed by atoms with Crippen molar-refractivity contribution in [2.75, 3.05) is 23.8 Å². The Balaban J connectivity index is 1.67. The van der Waals surface area contributed by atoms with E-state index in [9.17, 15) is 0 Å². The second kappa shape index (κ2) is 7.75. The molecule has 1 saturated heterocycles. The van der Waals surface area contributed by atoms with E-state index in [0.29, 0.717) is 17.7 Å². The molecular weight excluding hydrogens is 340 g/mol. The maximum Gasteiger partial charge on any atom is 0.164 e. The van der Waals surface area contributed by atoms with E-state index in [1.54, 1.807) is 0 Å². The van der Waals surface area contributed by atoms with Crippen LogP contribution in [0.1, 0.15) is 24.1 Å². The number of H-pyrrole nitrogens is 1. The topological polar surface area (TPSA) is 87.8 Å². The van der Waals surface area contributed by atoms with Gasteiger partial charge in [0.25, 0.3) is 0 Å². The van der Waals surface area contributed by atoms with Gasteiger partial charge in [0.1, 0.15) is 11.6 Å². The van der Waals surface area contributed by atoms with Gasteiger partial charge in [0.15, 0.2) is 11.6 Å². The van der Waals surface area contributed by atoms with E-state index in [1.807, 2.05) is 37.3 Å². The minimum Gasteiger partial charge on any atom is -0.381 e. The molecule has 27 heavy (non-hydrogen) atoms. The number of aromatic nitrogens is 4. The number of hydrogen-bond acceptors (Lipinski definition) is 6. The zero-order valence-corrected chi connectivity index (χ0v) is 15.6. The summed E-state index contributed by atoms with van der Waals surface area (Å²) in [6, 6.07) is 12.4. The van der Waals surface area contributed by atoms with Gasteiger partial charge in [-0.25, -0.2) is 9.97 Å². The van der Waals surface area contributed by atoms with Crippen LogP contribution in [0.2, 0.25) is 0 Å². The highest BCUT2D eigenvalue weighted by molar-refractivity contribution is 5.66. The fraction of sp³-hybridized carbons (Fsp3) is 0.350. The first-order valence-electron chi connectivity index (χ1n) is 9.26. The number of anilines is 3. The van der Waals surface area contributed by atoms with Gasteiger partial charge in [-0.3, -0.25) is 5.10 Å². The van der Waals surface area contributed by atoms with Crippen molar-refractivity contribution in [1.29, 1.82) is 0 Å². The number of ether oxygens (including phenoxy) is 1. The zero-order valence-electron chi connectivity index (χ0n) is 15.6. The molecular formula is C20H24N6O. The van der Waals surface area contributed by atoms with Crippen molar-refractivity contribution < 1.29 is 4.74 Å². The van der Waals surface area contributed by atoms with Crippen LogP contribution in [0.4, 0.5) is 17.5 Å². The van der Waals surface area contributed by atoms with Crippen molar-refractivity contribution in [3.05, 3.63) is 47.7 Å². The zero-order chi connectivity index (χ0) is 18.6. The van der Waals surface area contributed by atoms with Crippen LogP contribution < -0.4 is 10.6 Å². The Hall–Kier alpha value is -2.93. The first-order valence-corrected chi connectivity index (χ1v) is 9.26. The lowest BCUT2D eigenvalue weighted by Crippen LogP contribution is -2.28. The van der Waals surface area contributed by atoms with Crippen molar-refractivity contribution in [2.45, 2.75) is 32.7 Å². The van der Waals surface area contributed by atoms with Crippen molar-refractivity contribution in [3.63, 3.8) is 0 Å². The normalized spacial score (nSPS) is 14.9. The first kappa shape index (κ1) is 17.5. The van der Waals surface area contributed by atoms with Crippen LogP contribution in [0, 0.1) is 13.8 Å². The van der Waals surface area contributed by atoms with Gasteiger partial charge in [-0.1, -0.05) is 24.3 Å². The molecule has 0 spiro atoms. The third kappa shape index (κ3) is 4.25. The molecule has 0 radical (unpaired) electrons. The summed E-state index contributed by atoms with van der Waals surface area (Å²) < 4.78 is 5.45. The largest absolute Gasteiger partial charge is 0.381 e. The van der Waals surface area contributed by atoms with Crippen LogP contribution in [0.25, 0.3) is 11.4 Å². The summed E-state index contributed by atoms with van der Waals surface area (Å²) in [7, 11) is 0. The summed E-state index contributed by atoms with van der Waals surface area (Å²) in [6.07, 6.45) is 1.95. The number of hydrogen-bond donors (Lipinski definition) is 3. The second-order valence-electron chi connectivity index (χ2n) is 6.87. The molecule has 2 aromatic heterocycles. The van der Waals surface area contributed by atoms with Crippen molar-refractivity contribution in [2.24, 2.45) is 0 Å². The number of aryl methyl sites for hydroxylation is 2. The molecule has 3 heterocycles. The molecule has 1 aromatic carbocycles. The highest BCUT2D eigenvalue weighted by Crippen LogP contribution is 2.25. The number of rotatable bonds is 5. The van der Waals surface area contributed by atoms with E-state index < -0.39 is 0 Å². The Morgan fingerprint density at radius 2 is 1.78 bits per heavy atom. The van der Waals surface area contributed by atoms with E-state index in [1.165, 1.54) is 0 Å².